The Morgan fingerprint density at radius 2 is 2.05 bits per heavy atom. The molecule has 0 spiro atoms. The summed E-state index contributed by atoms with van der Waals surface area (Å²) in [6, 6.07) is 4.58. The SMILES string of the molecule is O=C(O)c1cccc2nnn(CCCCC(F)(F)F)c12. The topological polar surface area (TPSA) is 68.0 Å². The van der Waals surface area contributed by atoms with Crippen LogP contribution in [0.4, 0.5) is 13.2 Å². The van der Waals surface area contributed by atoms with Gasteiger partial charge in [-0.25, -0.2) is 9.48 Å². The van der Waals surface area contributed by atoms with Crippen molar-refractivity contribution in [2.75, 3.05) is 0 Å². The number of carboxylic acid groups (broad SMARTS) is 1. The van der Waals surface area contributed by atoms with E-state index in [1.807, 2.05) is 0 Å². The molecule has 20 heavy (non-hydrogen) atoms. The monoisotopic (exact) mass is 287 g/mol. The Balaban J connectivity index is 2.13. The van der Waals surface area contributed by atoms with Crippen LogP contribution in [-0.2, 0) is 6.54 Å². The third-order valence-electron chi connectivity index (χ3n) is 2.84. The van der Waals surface area contributed by atoms with Gasteiger partial charge in [0.15, 0.2) is 0 Å². The Labute approximate surface area is 112 Å². The molecular formula is C12H12F3N3O2. The van der Waals surface area contributed by atoms with Gasteiger partial charge in [-0.1, -0.05) is 11.3 Å². The largest absolute Gasteiger partial charge is 0.478 e. The summed E-state index contributed by atoms with van der Waals surface area (Å²) >= 11 is 0. The van der Waals surface area contributed by atoms with E-state index in [-0.39, 0.29) is 24.9 Å². The van der Waals surface area contributed by atoms with Crippen molar-refractivity contribution in [2.24, 2.45) is 0 Å². The first kappa shape index (κ1) is 14.3. The molecule has 1 aromatic carbocycles. The van der Waals surface area contributed by atoms with Crippen LogP contribution in [0, 0.1) is 0 Å². The Bertz CT molecular complexity index is 622. The number of aryl methyl sites for hydroxylation is 1. The third-order valence-corrected chi connectivity index (χ3v) is 2.84. The summed E-state index contributed by atoms with van der Waals surface area (Å²) in [6.07, 6.45) is -4.80. The maximum absolute atomic E-state index is 12.0. The molecule has 0 amide bonds. The van der Waals surface area contributed by atoms with Gasteiger partial charge in [0.1, 0.15) is 11.0 Å². The lowest BCUT2D eigenvalue weighted by atomic mass is 10.1. The molecule has 5 nitrogen and oxygen atoms in total. The highest BCUT2D eigenvalue weighted by molar-refractivity contribution is 6.00. The molecular weight excluding hydrogens is 275 g/mol. The number of carbonyl (C=O) groups is 1. The van der Waals surface area contributed by atoms with Crippen LogP contribution < -0.4 is 0 Å². The first-order chi connectivity index (χ1) is 9.38. The molecule has 2 aromatic rings. The van der Waals surface area contributed by atoms with Crippen molar-refractivity contribution in [1.29, 1.82) is 0 Å². The molecule has 0 saturated carbocycles. The van der Waals surface area contributed by atoms with Crippen LogP contribution in [0.5, 0.6) is 0 Å². The molecule has 108 valence electrons. The van der Waals surface area contributed by atoms with Crippen LogP contribution in [0.15, 0.2) is 18.2 Å². The predicted molar refractivity (Wildman–Crippen MR) is 64.4 cm³/mol. The fourth-order valence-electron chi connectivity index (χ4n) is 1.95. The number of aromatic carboxylic acids is 1. The summed E-state index contributed by atoms with van der Waals surface area (Å²) in [6.45, 7) is 0.205. The van der Waals surface area contributed by atoms with E-state index in [9.17, 15) is 18.0 Å². The van der Waals surface area contributed by atoms with Gasteiger partial charge in [-0.2, -0.15) is 13.2 Å². The molecule has 1 N–H and O–H groups in total. The van der Waals surface area contributed by atoms with E-state index in [2.05, 4.69) is 10.3 Å². The van der Waals surface area contributed by atoms with Crippen molar-refractivity contribution in [3.8, 4) is 0 Å². The maximum atomic E-state index is 12.0. The molecule has 0 aliphatic heterocycles. The zero-order chi connectivity index (χ0) is 14.8. The highest BCUT2D eigenvalue weighted by atomic mass is 19.4. The first-order valence-corrected chi connectivity index (χ1v) is 6.01. The smallest absolute Gasteiger partial charge is 0.389 e. The number of benzene rings is 1. The van der Waals surface area contributed by atoms with Crippen LogP contribution in [0.1, 0.15) is 29.6 Å². The molecule has 8 heteroatoms. The molecule has 0 bridgehead atoms. The van der Waals surface area contributed by atoms with Crippen LogP contribution >= 0.6 is 0 Å². The van der Waals surface area contributed by atoms with E-state index in [0.29, 0.717) is 11.0 Å². The highest BCUT2D eigenvalue weighted by Gasteiger charge is 2.26. The van der Waals surface area contributed by atoms with Gasteiger partial charge < -0.3 is 5.11 Å². The predicted octanol–water partition coefficient (Wildman–Crippen LogP) is 2.86. The maximum Gasteiger partial charge on any atom is 0.389 e. The van der Waals surface area contributed by atoms with Crippen molar-refractivity contribution in [2.45, 2.75) is 32.0 Å². The molecule has 2 rings (SSSR count). The number of nitrogens with zero attached hydrogens (tertiary/aromatic N) is 3. The van der Waals surface area contributed by atoms with Gasteiger partial charge in [0.05, 0.1) is 5.56 Å². The fraction of sp³-hybridized carbons (Fsp3) is 0.417. The lowest BCUT2D eigenvalue weighted by Gasteiger charge is -2.06. The number of unbranched alkanes of at least 4 members (excludes halogenated alkanes) is 1. The summed E-state index contributed by atoms with van der Waals surface area (Å²) in [5.41, 5.74) is 0.802. The molecule has 0 unspecified atom stereocenters. The second kappa shape index (κ2) is 5.48. The minimum absolute atomic E-state index is 0.0277. The van der Waals surface area contributed by atoms with E-state index in [1.54, 1.807) is 12.1 Å². The lowest BCUT2D eigenvalue weighted by Crippen LogP contribution is -2.09. The number of alkyl halides is 3. The highest BCUT2D eigenvalue weighted by Crippen LogP contribution is 2.23. The van der Waals surface area contributed by atoms with Crippen molar-refractivity contribution in [1.82, 2.24) is 15.0 Å². The Morgan fingerprint density at radius 1 is 1.30 bits per heavy atom. The number of aromatic nitrogens is 3. The average molecular weight is 287 g/mol. The molecule has 0 atom stereocenters. The Morgan fingerprint density at radius 3 is 2.70 bits per heavy atom. The average Bonchev–Trinajstić information content (AvgIpc) is 2.76. The summed E-state index contributed by atoms with van der Waals surface area (Å²) < 4.78 is 37.4. The van der Waals surface area contributed by atoms with Crippen LogP contribution in [0.2, 0.25) is 0 Å². The second-order valence-electron chi connectivity index (χ2n) is 4.36. The molecule has 0 aliphatic carbocycles. The van der Waals surface area contributed by atoms with E-state index in [1.165, 1.54) is 10.7 Å². The van der Waals surface area contributed by atoms with Gasteiger partial charge in [0.2, 0.25) is 0 Å². The number of hydrogen-bond donors (Lipinski definition) is 1. The Hall–Kier alpha value is -2.12. The zero-order valence-electron chi connectivity index (χ0n) is 10.4. The number of carboxylic acids is 1. The van der Waals surface area contributed by atoms with Crippen molar-refractivity contribution in [3.63, 3.8) is 0 Å². The van der Waals surface area contributed by atoms with Crippen molar-refractivity contribution < 1.29 is 23.1 Å². The molecule has 0 radical (unpaired) electrons. The summed E-state index contributed by atoms with van der Waals surface area (Å²) in [4.78, 5) is 11.1. The summed E-state index contributed by atoms with van der Waals surface area (Å²) in [5.74, 6) is -1.12. The minimum atomic E-state index is -4.17. The molecule has 0 saturated heterocycles. The number of para-hydroxylation sites is 1. The van der Waals surface area contributed by atoms with E-state index < -0.39 is 18.6 Å². The van der Waals surface area contributed by atoms with E-state index >= 15 is 0 Å². The van der Waals surface area contributed by atoms with Crippen LogP contribution in [0.25, 0.3) is 11.0 Å². The van der Waals surface area contributed by atoms with Gasteiger partial charge in [0, 0.05) is 13.0 Å². The molecule has 1 aromatic heterocycles. The van der Waals surface area contributed by atoms with E-state index in [0.717, 1.165) is 0 Å². The van der Waals surface area contributed by atoms with Crippen molar-refractivity contribution in [3.05, 3.63) is 23.8 Å². The second-order valence-corrected chi connectivity index (χ2v) is 4.36. The van der Waals surface area contributed by atoms with E-state index in [4.69, 9.17) is 5.11 Å². The number of fused-ring (bicyclic) bond motifs is 1. The number of halogens is 3. The normalized spacial score (nSPS) is 11.9. The lowest BCUT2D eigenvalue weighted by molar-refractivity contribution is -0.135. The van der Waals surface area contributed by atoms with Gasteiger partial charge in [0.25, 0.3) is 0 Å². The quantitative estimate of drug-likeness (QED) is 0.859. The van der Waals surface area contributed by atoms with Crippen LogP contribution in [0.3, 0.4) is 0 Å². The van der Waals surface area contributed by atoms with Crippen LogP contribution in [-0.4, -0.2) is 32.2 Å². The molecule has 1 heterocycles. The van der Waals surface area contributed by atoms with Gasteiger partial charge >= 0.3 is 12.1 Å². The van der Waals surface area contributed by atoms with Gasteiger partial charge in [-0.05, 0) is 25.0 Å². The summed E-state index contributed by atoms with van der Waals surface area (Å²) in [5, 5.41) is 16.7. The number of rotatable bonds is 5. The minimum Gasteiger partial charge on any atom is -0.478 e. The first-order valence-electron chi connectivity index (χ1n) is 6.01. The Kier molecular flexibility index (Phi) is 3.91. The standard InChI is InChI=1S/C12H12F3N3O2/c13-12(14,15)6-1-2-7-18-10-8(11(19)20)4-3-5-9(10)16-17-18/h3-5H,1-2,6-7H2,(H,19,20). The van der Waals surface area contributed by atoms with Crippen molar-refractivity contribution >= 4 is 17.0 Å². The van der Waals surface area contributed by atoms with Gasteiger partial charge in [-0.3, -0.25) is 0 Å². The zero-order valence-corrected chi connectivity index (χ0v) is 10.4. The summed E-state index contributed by atoms with van der Waals surface area (Å²) in [7, 11) is 0. The third kappa shape index (κ3) is 3.25. The fourth-order valence-corrected chi connectivity index (χ4v) is 1.95. The van der Waals surface area contributed by atoms with Gasteiger partial charge in [-0.15, -0.1) is 5.10 Å². The molecule has 0 aliphatic rings. The molecule has 0 fully saturated rings. The number of hydrogen-bond acceptors (Lipinski definition) is 3.